The molecule has 18 heavy (non-hydrogen) atoms. The quantitative estimate of drug-likeness (QED) is 0.887. The number of nitrogens with one attached hydrogen (secondary N) is 1. The third kappa shape index (κ3) is 2.72. The molecule has 0 amide bonds. The molecule has 1 aromatic carbocycles. The Kier molecular flexibility index (Phi) is 3.60. The van der Waals surface area contributed by atoms with Gasteiger partial charge in [0.05, 0.1) is 0 Å². The fourth-order valence-electron chi connectivity index (χ4n) is 2.74. The van der Waals surface area contributed by atoms with Gasteiger partial charge in [0.1, 0.15) is 12.8 Å². The van der Waals surface area contributed by atoms with Gasteiger partial charge in [0.2, 0.25) is 5.90 Å². The topological polar surface area (TPSA) is 33.6 Å². The van der Waals surface area contributed by atoms with E-state index in [0.29, 0.717) is 12.6 Å². The van der Waals surface area contributed by atoms with Gasteiger partial charge in [-0.1, -0.05) is 37.5 Å². The number of hydrogen-bond acceptors (Lipinski definition) is 3. The van der Waals surface area contributed by atoms with E-state index in [-0.39, 0.29) is 6.17 Å². The van der Waals surface area contributed by atoms with Crippen LogP contribution >= 0.6 is 0 Å². The molecule has 0 radical (unpaired) electrons. The van der Waals surface area contributed by atoms with Crippen molar-refractivity contribution in [3.63, 3.8) is 0 Å². The maximum absolute atomic E-state index is 5.68. The molecule has 3 rings (SSSR count). The predicted molar refractivity (Wildman–Crippen MR) is 72.7 cm³/mol. The second kappa shape index (κ2) is 5.53. The number of rotatable bonds is 3. The maximum atomic E-state index is 5.68. The summed E-state index contributed by atoms with van der Waals surface area (Å²) in [5.41, 5.74) is 1.07. The summed E-state index contributed by atoms with van der Waals surface area (Å²) in [5.74, 6) is 0.781. The normalized spacial score (nSPS) is 24.7. The fraction of sp³-hybridized carbons (Fsp3) is 0.533. The van der Waals surface area contributed by atoms with Crippen LogP contribution in [-0.4, -0.2) is 24.7 Å². The Labute approximate surface area is 108 Å². The standard InChI is InChI=1S/C15H20N2O/c1-3-7-12(8-4-1)15-17-14(11-18-15)16-13-9-5-2-6-10-13/h1,3-4,7-8,13-14,16H,2,5-6,9-11H2. The van der Waals surface area contributed by atoms with Gasteiger partial charge in [-0.2, -0.15) is 0 Å². The molecule has 1 saturated carbocycles. The maximum Gasteiger partial charge on any atom is 0.217 e. The van der Waals surface area contributed by atoms with Gasteiger partial charge in [-0.05, 0) is 25.0 Å². The minimum Gasteiger partial charge on any atom is -0.474 e. The highest BCUT2D eigenvalue weighted by Crippen LogP contribution is 2.19. The van der Waals surface area contributed by atoms with Crippen LogP contribution in [0.4, 0.5) is 0 Å². The highest BCUT2D eigenvalue weighted by atomic mass is 16.5. The zero-order valence-electron chi connectivity index (χ0n) is 10.6. The summed E-state index contributed by atoms with van der Waals surface area (Å²) in [7, 11) is 0. The molecule has 1 aliphatic heterocycles. The molecule has 1 fully saturated rings. The van der Waals surface area contributed by atoms with E-state index in [2.05, 4.69) is 10.3 Å². The van der Waals surface area contributed by atoms with Gasteiger partial charge >= 0.3 is 0 Å². The SMILES string of the molecule is c1ccc(C2=NC(NC3CCCCC3)CO2)cc1. The van der Waals surface area contributed by atoms with Gasteiger partial charge < -0.3 is 4.74 Å². The van der Waals surface area contributed by atoms with E-state index in [1.54, 1.807) is 0 Å². The average Bonchev–Trinajstić information content (AvgIpc) is 2.89. The molecule has 1 unspecified atom stereocenters. The first-order valence-electron chi connectivity index (χ1n) is 6.94. The van der Waals surface area contributed by atoms with E-state index >= 15 is 0 Å². The molecular weight excluding hydrogens is 224 g/mol. The van der Waals surface area contributed by atoms with Gasteiger partial charge in [0.15, 0.2) is 0 Å². The highest BCUT2D eigenvalue weighted by Gasteiger charge is 2.23. The van der Waals surface area contributed by atoms with Crippen molar-refractivity contribution in [3.8, 4) is 0 Å². The van der Waals surface area contributed by atoms with E-state index in [0.717, 1.165) is 11.5 Å². The van der Waals surface area contributed by atoms with E-state index in [9.17, 15) is 0 Å². The van der Waals surface area contributed by atoms with E-state index < -0.39 is 0 Å². The van der Waals surface area contributed by atoms with Gasteiger partial charge in [-0.15, -0.1) is 0 Å². The van der Waals surface area contributed by atoms with Gasteiger partial charge in [0, 0.05) is 11.6 Å². The van der Waals surface area contributed by atoms with Crippen molar-refractivity contribution in [2.24, 2.45) is 4.99 Å². The number of benzene rings is 1. The smallest absolute Gasteiger partial charge is 0.217 e. The lowest BCUT2D eigenvalue weighted by Gasteiger charge is -2.24. The van der Waals surface area contributed by atoms with Crippen LogP contribution in [0, 0.1) is 0 Å². The lowest BCUT2D eigenvalue weighted by Crippen LogP contribution is -2.39. The van der Waals surface area contributed by atoms with Crippen LogP contribution in [0.5, 0.6) is 0 Å². The van der Waals surface area contributed by atoms with Crippen molar-refractivity contribution < 1.29 is 4.74 Å². The Morgan fingerprint density at radius 2 is 1.83 bits per heavy atom. The minimum absolute atomic E-state index is 0.142. The monoisotopic (exact) mass is 244 g/mol. The van der Waals surface area contributed by atoms with E-state index in [1.165, 1.54) is 32.1 Å². The van der Waals surface area contributed by atoms with Crippen molar-refractivity contribution in [1.82, 2.24) is 5.32 Å². The summed E-state index contributed by atoms with van der Waals surface area (Å²) in [5, 5.41) is 3.61. The Bertz CT molecular complexity index is 410. The van der Waals surface area contributed by atoms with Crippen LogP contribution in [0.25, 0.3) is 0 Å². The molecule has 1 aromatic rings. The largest absolute Gasteiger partial charge is 0.474 e. The average molecular weight is 244 g/mol. The first kappa shape index (κ1) is 11.7. The van der Waals surface area contributed by atoms with Crippen LogP contribution in [0.15, 0.2) is 35.3 Å². The first-order chi connectivity index (χ1) is 8.92. The Hall–Kier alpha value is -1.35. The summed E-state index contributed by atoms with van der Waals surface area (Å²) >= 11 is 0. The van der Waals surface area contributed by atoms with Crippen molar-refractivity contribution in [1.29, 1.82) is 0 Å². The van der Waals surface area contributed by atoms with Crippen LogP contribution in [0.2, 0.25) is 0 Å². The molecular formula is C15H20N2O. The number of hydrogen-bond donors (Lipinski definition) is 1. The molecule has 0 aromatic heterocycles. The van der Waals surface area contributed by atoms with Crippen molar-refractivity contribution in [2.75, 3.05) is 6.61 Å². The lowest BCUT2D eigenvalue weighted by molar-refractivity contribution is 0.267. The molecule has 0 spiro atoms. The molecule has 1 heterocycles. The van der Waals surface area contributed by atoms with Gasteiger partial charge in [0.25, 0.3) is 0 Å². The summed E-state index contributed by atoms with van der Waals surface area (Å²) in [6, 6.07) is 10.8. The number of nitrogens with zero attached hydrogens (tertiary/aromatic N) is 1. The first-order valence-corrected chi connectivity index (χ1v) is 6.94. The van der Waals surface area contributed by atoms with Gasteiger partial charge in [-0.3, -0.25) is 5.32 Å². The zero-order valence-corrected chi connectivity index (χ0v) is 10.6. The van der Waals surface area contributed by atoms with Crippen LogP contribution in [-0.2, 0) is 4.74 Å². The Balaban J connectivity index is 1.61. The summed E-state index contributed by atoms with van der Waals surface area (Å²) in [4.78, 5) is 4.64. The molecule has 1 N–H and O–H groups in total. The highest BCUT2D eigenvalue weighted by molar-refractivity contribution is 5.95. The minimum atomic E-state index is 0.142. The molecule has 3 heteroatoms. The van der Waals surface area contributed by atoms with E-state index in [1.807, 2.05) is 30.3 Å². The zero-order chi connectivity index (χ0) is 12.2. The molecule has 1 atom stereocenters. The summed E-state index contributed by atoms with van der Waals surface area (Å²) in [6.07, 6.45) is 6.79. The third-order valence-electron chi connectivity index (χ3n) is 3.71. The molecule has 0 saturated heterocycles. The molecule has 2 aliphatic rings. The predicted octanol–water partition coefficient (Wildman–Crippen LogP) is 2.71. The van der Waals surface area contributed by atoms with Crippen molar-refractivity contribution >= 4 is 5.90 Å². The molecule has 1 aliphatic carbocycles. The number of ether oxygens (including phenoxy) is 1. The van der Waals surface area contributed by atoms with Crippen LogP contribution < -0.4 is 5.32 Å². The van der Waals surface area contributed by atoms with Crippen LogP contribution in [0.3, 0.4) is 0 Å². The number of aliphatic imine (C=N–C) groups is 1. The molecule has 3 nitrogen and oxygen atoms in total. The molecule has 0 bridgehead atoms. The summed E-state index contributed by atoms with van der Waals surface area (Å²) in [6.45, 7) is 0.667. The second-order valence-electron chi connectivity index (χ2n) is 5.13. The fourth-order valence-corrected chi connectivity index (χ4v) is 2.74. The lowest BCUT2D eigenvalue weighted by atomic mass is 9.95. The van der Waals surface area contributed by atoms with Crippen molar-refractivity contribution in [2.45, 2.75) is 44.3 Å². The summed E-state index contributed by atoms with van der Waals surface area (Å²) < 4.78 is 5.68. The molecule has 96 valence electrons. The van der Waals surface area contributed by atoms with Crippen LogP contribution in [0.1, 0.15) is 37.7 Å². The Morgan fingerprint density at radius 3 is 2.61 bits per heavy atom. The Morgan fingerprint density at radius 1 is 1.06 bits per heavy atom. The van der Waals surface area contributed by atoms with Crippen molar-refractivity contribution in [3.05, 3.63) is 35.9 Å². The van der Waals surface area contributed by atoms with Gasteiger partial charge in [-0.25, -0.2) is 4.99 Å². The second-order valence-corrected chi connectivity index (χ2v) is 5.13. The third-order valence-corrected chi connectivity index (χ3v) is 3.71. The van der Waals surface area contributed by atoms with E-state index in [4.69, 9.17) is 4.74 Å².